The van der Waals surface area contributed by atoms with Gasteiger partial charge in [-0.2, -0.15) is 0 Å². The van der Waals surface area contributed by atoms with Crippen molar-refractivity contribution in [1.29, 1.82) is 0 Å². The molecule has 0 saturated carbocycles. The highest BCUT2D eigenvalue weighted by molar-refractivity contribution is 8.00. The molecule has 1 rings (SSSR count). The van der Waals surface area contributed by atoms with Crippen molar-refractivity contribution in [3.8, 4) is 0 Å². The van der Waals surface area contributed by atoms with Crippen molar-refractivity contribution in [3.05, 3.63) is 24.4 Å². The number of carbonyl (C=O) groups is 2. The Balaban J connectivity index is 2.43. The van der Waals surface area contributed by atoms with Crippen LogP contribution in [-0.2, 0) is 9.59 Å². The van der Waals surface area contributed by atoms with Crippen molar-refractivity contribution in [3.63, 3.8) is 0 Å². The normalized spacial score (nSPS) is 11.9. The molecule has 1 aromatic rings. The van der Waals surface area contributed by atoms with Gasteiger partial charge < -0.3 is 5.32 Å². The first-order valence-electron chi connectivity index (χ1n) is 4.94. The molecular formula is C11H14N2O2S. The van der Waals surface area contributed by atoms with Gasteiger partial charge >= 0.3 is 0 Å². The first-order valence-corrected chi connectivity index (χ1v) is 5.82. The van der Waals surface area contributed by atoms with E-state index in [1.54, 1.807) is 13.1 Å². The van der Waals surface area contributed by atoms with Gasteiger partial charge in [0.2, 0.25) is 5.91 Å². The summed E-state index contributed by atoms with van der Waals surface area (Å²) >= 11 is 1.37. The third-order valence-electron chi connectivity index (χ3n) is 1.82. The first kappa shape index (κ1) is 12.7. The molecule has 5 heteroatoms. The summed E-state index contributed by atoms with van der Waals surface area (Å²) in [5.74, 6) is -0.200. The molecule has 1 aromatic heterocycles. The standard InChI is InChI=1S/C11H14N2O2S/c1-8(14)7-13-11(15)9(2)16-10-5-3-4-6-12-10/h3-6,9H,7H2,1-2H3,(H,13,15). The maximum Gasteiger partial charge on any atom is 0.233 e. The Kier molecular flexibility index (Phi) is 4.98. The smallest absolute Gasteiger partial charge is 0.233 e. The Bertz CT molecular complexity index is 368. The van der Waals surface area contributed by atoms with Crippen LogP contribution in [0.15, 0.2) is 29.4 Å². The molecular weight excluding hydrogens is 224 g/mol. The summed E-state index contributed by atoms with van der Waals surface area (Å²) in [6.45, 7) is 3.32. The molecule has 0 aliphatic heterocycles. The Labute approximate surface area is 98.8 Å². The SMILES string of the molecule is CC(=O)CNC(=O)C(C)Sc1ccccn1. The highest BCUT2D eigenvalue weighted by atomic mass is 32.2. The largest absolute Gasteiger partial charge is 0.348 e. The monoisotopic (exact) mass is 238 g/mol. The van der Waals surface area contributed by atoms with Crippen molar-refractivity contribution in [2.75, 3.05) is 6.54 Å². The van der Waals surface area contributed by atoms with Gasteiger partial charge in [0.05, 0.1) is 16.8 Å². The number of pyridine rings is 1. The van der Waals surface area contributed by atoms with Crippen LogP contribution in [0.25, 0.3) is 0 Å². The number of Topliss-reactive ketones (excluding diaryl/α,β-unsaturated/α-hetero) is 1. The molecule has 1 heterocycles. The minimum atomic E-state index is -0.255. The van der Waals surface area contributed by atoms with E-state index in [1.807, 2.05) is 18.2 Å². The van der Waals surface area contributed by atoms with Crippen LogP contribution in [0, 0.1) is 0 Å². The Morgan fingerprint density at radius 2 is 2.25 bits per heavy atom. The van der Waals surface area contributed by atoms with Crippen LogP contribution in [0.2, 0.25) is 0 Å². The molecule has 0 aliphatic rings. The van der Waals surface area contributed by atoms with Gasteiger partial charge in [-0.05, 0) is 26.0 Å². The van der Waals surface area contributed by atoms with Crippen LogP contribution >= 0.6 is 11.8 Å². The molecule has 0 aliphatic carbocycles. The lowest BCUT2D eigenvalue weighted by Gasteiger charge is -2.10. The van der Waals surface area contributed by atoms with Crippen molar-refractivity contribution < 1.29 is 9.59 Å². The number of nitrogens with zero attached hydrogens (tertiary/aromatic N) is 1. The van der Waals surface area contributed by atoms with Crippen LogP contribution in [0.5, 0.6) is 0 Å². The topological polar surface area (TPSA) is 59.1 Å². The molecule has 0 radical (unpaired) electrons. The molecule has 4 nitrogen and oxygen atoms in total. The zero-order valence-corrected chi connectivity index (χ0v) is 10.1. The number of hydrogen-bond acceptors (Lipinski definition) is 4. The highest BCUT2D eigenvalue weighted by Gasteiger charge is 2.14. The van der Waals surface area contributed by atoms with Gasteiger partial charge in [-0.3, -0.25) is 9.59 Å². The summed E-state index contributed by atoms with van der Waals surface area (Å²) in [6.07, 6.45) is 1.68. The molecule has 16 heavy (non-hydrogen) atoms. The van der Waals surface area contributed by atoms with E-state index in [-0.39, 0.29) is 23.5 Å². The molecule has 1 unspecified atom stereocenters. The summed E-state index contributed by atoms with van der Waals surface area (Å²) in [4.78, 5) is 26.3. The van der Waals surface area contributed by atoms with E-state index in [0.717, 1.165) is 5.03 Å². The molecule has 86 valence electrons. The van der Waals surface area contributed by atoms with Gasteiger partial charge in [-0.15, -0.1) is 0 Å². The summed E-state index contributed by atoms with van der Waals surface area (Å²) in [5.41, 5.74) is 0. The fourth-order valence-electron chi connectivity index (χ4n) is 1.01. The zero-order chi connectivity index (χ0) is 12.0. The van der Waals surface area contributed by atoms with E-state index in [1.165, 1.54) is 18.7 Å². The minimum Gasteiger partial charge on any atom is -0.348 e. The predicted molar refractivity (Wildman–Crippen MR) is 63.2 cm³/mol. The van der Waals surface area contributed by atoms with E-state index in [9.17, 15) is 9.59 Å². The summed E-state index contributed by atoms with van der Waals surface area (Å²) < 4.78 is 0. The lowest BCUT2D eigenvalue weighted by atomic mass is 10.4. The molecule has 0 spiro atoms. The van der Waals surface area contributed by atoms with Crippen LogP contribution in [0.4, 0.5) is 0 Å². The van der Waals surface area contributed by atoms with Crippen LogP contribution in [0.3, 0.4) is 0 Å². The van der Waals surface area contributed by atoms with E-state index in [2.05, 4.69) is 10.3 Å². The predicted octanol–water partition coefficient (Wildman–Crippen LogP) is 1.27. The quantitative estimate of drug-likeness (QED) is 0.785. The zero-order valence-electron chi connectivity index (χ0n) is 9.27. The van der Waals surface area contributed by atoms with Gasteiger partial charge in [0.25, 0.3) is 0 Å². The van der Waals surface area contributed by atoms with E-state index in [4.69, 9.17) is 0 Å². The Hall–Kier alpha value is -1.36. The Morgan fingerprint density at radius 3 is 2.81 bits per heavy atom. The number of aromatic nitrogens is 1. The molecule has 0 bridgehead atoms. The third kappa shape index (κ3) is 4.44. The number of nitrogens with one attached hydrogen (secondary N) is 1. The molecule has 1 atom stereocenters. The van der Waals surface area contributed by atoms with Gasteiger partial charge in [-0.1, -0.05) is 17.8 Å². The second-order valence-electron chi connectivity index (χ2n) is 3.35. The minimum absolute atomic E-state index is 0.0524. The summed E-state index contributed by atoms with van der Waals surface area (Å²) in [7, 11) is 0. The van der Waals surface area contributed by atoms with Gasteiger partial charge in [0, 0.05) is 6.20 Å². The van der Waals surface area contributed by atoms with Crippen molar-refractivity contribution >= 4 is 23.5 Å². The number of amides is 1. The molecule has 0 fully saturated rings. The first-order chi connectivity index (χ1) is 7.59. The lowest BCUT2D eigenvalue weighted by molar-refractivity contribution is -0.123. The number of carbonyl (C=O) groups excluding carboxylic acids is 2. The van der Waals surface area contributed by atoms with E-state index >= 15 is 0 Å². The van der Waals surface area contributed by atoms with Crippen LogP contribution < -0.4 is 5.32 Å². The highest BCUT2D eigenvalue weighted by Crippen LogP contribution is 2.20. The average molecular weight is 238 g/mol. The maximum atomic E-state index is 11.5. The molecule has 0 aromatic carbocycles. The average Bonchev–Trinajstić information content (AvgIpc) is 2.27. The number of ketones is 1. The number of thioether (sulfide) groups is 1. The molecule has 1 N–H and O–H groups in total. The Morgan fingerprint density at radius 1 is 1.50 bits per heavy atom. The lowest BCUT2D eigenvalue weighted by Crippen LogP contribution is -2.34. The summed E-state index contributed by atoms with van der Waals surface area (Å²) in [5, 5.41) is 3.11. The van der Waals surface area contributed by atoms with Crippen molar-refractivity contribution in [1.82, 2.24) is 10.3 Å². The molecule has 1 amide bonds. The maximum absolute atomic E-state index is 11.5. The fourth-order valence-corrected chi connectivity index (χ4v) is 1.84. The van der Waals surface area contributed by atoms with Crippen LogP contribution in [-0.4, -0.2) is 28.5 Å². The van der Waals surface area contributed by atoms with Crippen molar-refractivity contribution in [2.24, 2.45) is 0 Å². The summed E-state index contributed by atoms with van der Waals surface area (Å²) in [6, 6.07) is 5.54. The molecule has 0 saturated heterocycles. The number of rotatable bonds is 5. The second-order valence-corrected chi connectivity index (χ2v) is 4.71. The van der Waals surface area contributed by atoms with Gasteiger partial charge in [0.1, 0.15) is 5.78 Å². The van der Waals surface area contributed by atoms with Crippen LogP contribution in [0.1, 0.15) is 13.8 Å². The fraction of sp³-hybridized carbons (Fsp3) is 0.364. The third-order valence-corrected chi connectivity index (χ3v) is 2.87. The second kappa shape index (κ2) is 6.27. The van der Waals surface area contributed by atoms with E-state index in [0.29, 0.717) is 0 Å². The number of hydrogen-bond donors (Lipinski definition) is 1. The van der Waals surface area contributed by atoms with E-state index < -0.39 is 0 Å². The van der Waals surface area contributed by atoms with Crippen molar-refractivity contribution in [2.45, 2.75) is 24.1 Å². The van der Waals surface area contributed by atoms with Gasteiger partial charge in [-0.25, -0.2) is 4.98 Å². The van der Waals surface area contributed by atoms with Gasteiger partial charge in [0.15, 0.2) is 0 Å².